The van der Waals surface area contributed by atoms with Gasteiger partial charge in [-0.05, 0) is 13.0 Å². The van der Waals surface area contributed by atoms with Gasteiger partial charge in [0.15, 0.2) is 0 Å². The quantitative estimate of drug-likeness (QED) is 0.444. The van der Waals surface area contributed by atoms with Crippen LogP contribution in [0.3, 0.4) is 0 Å². The summed E-state index contributed by atoms with van der Waals surface area (Å²) in [5.74, 6) is -0.336. The molecule has 0 bridgehead atoms. The highest BCUT2D eigenvalue weighted by molar-refractivity contribution is 6.32. The van der Waals surface area contributed by atoms with E-state index < -0.39 is 5.97 Å². The molecule has 1 N–H and O–H groups in total. The molecule has 4 heteroatoms. The summed E-state index contributed by atoms with van der Waals surface area (Å²) in [6.45, 7) is 2.92. The van der Waals surface area contributed by atoms with Crippen LogP contribution in [0, 0.1) is 0 Å². The average Bonchev–Trinajstić information content (AvgIpc) is 2.52. The molecule has 0 unspecified atom stereocenters. The maximum atomic E-state index is 11.7. The minimum absolute atomic E-state index is 0.236. The summed E-state index contributed by atoms with van der Waals surface area (Å²) < 4.78 is 4.94. The highest BCUT2D eigenvalue weighted by Gasteiger charge is 2.26. The molecule has 1 aromatic carbocycles. The second kappa shape index (κ2) is 3.81. The number of allylic oxidation sites excluding steroid dienone is 1. The zero-order valence-corrected chi connectivity index (χ0v) is 9.03. The summed E-state index contributed by atoms with van der Waals surface area (Å²) >= 11 is 0. The number of para-hydroxylation sites is 1. The number of hydrogen-bond acceptors (Lipinski definition) is 3. The van der Waals surface area contributed by atoms with Crippen LogP contribution in [0.2, 0.25) is 0 Å². The molecular weight excluding hydrogens is 206 g/mol. The minimum Gasteiger partial charge on any atom is -0.431 e. The average molecular weight is 217 g/mol. The number of esters is 1. The van der Waals surface area contributed by atoms with Crippen molar-refractivity contribution in [3.8, 4) is 0 Å². The lowest BCUT2D eigenvalue weighted by molar-refractivity contribution is -0.136. The van der Waals surface area contributed by atoms with Crippen molar-refractivity contribution in [2.75, 3.05) is 5.32 Å². The molecule has 0 atom stereocenters. The first-order valence-electron chi connectivity index (χ1n) is 4.89. The Bertz CT molecular complexity index is 503. The molecule has 0 saturated heterocycles. The van der Waals surface area contributed by atoms with E-state index in [4.69, 9.17) is 4.74 Å². The number of hydrogen-bond donors (Lipinski definition) is 1. The highest BCUT2D eigenvalue weighted by Crippen LogP contribution is 2.33. The van der Waals surface area contributed by atoms with Gasteiger partial charge in [-0.3, -0.25) is 9.59 Å². The Morgan fingerprint density at radius 2 is 1.94 bits per heavy atom. The van der Waals surface area contributed by atoms with E-state index in [9.17, 15) is 9.59 Å². The second-order valence-electron chi connectivity index (χ2n) is 3.52. The number of ether oxygens (including phenoxy) is 1. The lowest BCUT2D eigenvalue weighted by Crippen LogP contribution is -2.07. The number of carbonyl (C=O) groups is 2. The summed E-state index contributed by atoms with van der Waals surface area (Å²) in [7, 11) is 0. The fraction of sp³-hybridized carbons (Fsp3) is 0.167. The van der Waals surface area contributed by atoms with Crippen LogP contribution in [0.25, 0.3) is 5.57 Å². The number of carbonyl (C=O) groups excluding carboxylic acids is 2. The largest absolute Gasteiger partial charge is 0.431 e. The molecule has 0 aromatic heterocycles. The molecule has 1 heterocycles. The van der Waals surface area contributed by atoms with E-state index in [2.05, 4.69) is 5.32 Å². The van der Waals surface area contributed by atoms with Crippen LogP contribution in [0.1, 0.15) is 19.4 Å². The van der Waals surface area contributed by atoms with Crippen molar-refractivity contribution < 1.29 is 14.3 Å². The fourth-order valence-corrected chi connectivity index (χ4v) is 1.73. The van der Waals surface area contributed by atoms with Crippen molar-refractivity contribution in [2.45, 2.75) is 13.8 Å². The maximum absolute atomic E-state index is 11.7. The fourth-order valence-electron chi connectivity index (χ4n) is 1.73. The summed E-state index contributed by atoms with van der Waals surface area (Å²) in [5.41, 5.74) is 1.94. The third-order valence-corrected chi connectivity index (χ3v) is 2.32. The Morgan fingerprint density at radius 1 is 1.25 bits per heavy atom. The van der Waals surface area contributed by atoms with Crippen molar-refractivity contribution in [1.82, 2.24) is 0 Å². The first-order valence-corrected chi connectivity index (χ1v) is 4.89. The van der Waals surface area contributed by atoms with Gasteiger partial charge in [0.2, 0.25) is 0 Å². The van der Waals surface area contributed by atoms with Crippen LogP contribution in [0.4, 0.5) is 5.69 Å². The van der Waals surface area contributed by atoms with Gasteiger partial charge in [-0.25, -0.2) is 0 Å². The molecule has 82 valence electrons. The zero-order valence-electron chi connectivity index (χ0n) is 9.03. The van der Waals surface area contributed by atoms with Crippen molar-refractivity contribution in [3.63, 3.8) is 0 Å². The molecule has 0 saturated carbocycles. The predicted octanol–water partition coefficient (Wildman–Crippen LogP) is 1.93. The first-order chi connectivity index (χ1) is 7.59. The molecule has 1 amide bonds. The van der Waals surface area contributed by atoms with E-state index in [1.165, 1.54) is 6.92 Å². The molecule has 2 rings (SSSR count). The van der Waals surface area contributed by atoms with Crippen molar-refractivity contribution in [2.24, 2.45) is 0 Å². The van der Waals surface area contributed by atoms with Gasteiger partial charge in [-0.15, -0.1) is 0 Å². The normalized spacial score (nSPS) is 16.5. The van der Waals surface area contributed by atoms with Crippen LogP contribution >= 0.6 is 0 Å². The zero-order chi connectivity index (χ0) is 11.7. The Morgan fingerprint density at radius 3 is 2.62 bits per heavy atom. The van der Waals surface area contributed by atoms with Crippen molar-refractivity contribution >= 4 is 23.1 Å². The monoisotopic (exact) mass is 217 g/mol. The number of amides is 1. The van der Waals surface area contributed by atoms with Gasteiger partial charge in [-0.2, -0.15) is 0 Å². The van der Waals surface area contributed by atoms with E-state index >= 15 is 0 Å². The van der Waals surface area contributed by atoms with E-state index in [1.807, 2.05) is 18.2 Å². The predicted molar refractivity (Wildman–Crippen MR) is 59.4 cm³/mol. The van der Waals surface area contributed by atoms with Crippen LogP contribution < -0.4 is 5.32 Å². The van der Waals surface area contributed by atoms with Gasteiger partial charge in [0.1, 0.15) is 5.76 Å². The van der Waals surface area contributed by atoms with Crippen LogP contribution in [-0.4, -0.2) is 11.9 Å². The molecular formula is C12H11NO3. The van der Waals surface area contributed by atoms with Crippen LogP contribution in [0.5, 0.6) is 0 Å². The summed E-state index contributed by atoms with van der Waals surface area (Å²) in [6, 6.07) is 7.29. The molecule has 16 heavy (non-hydrogen) atoms. The van der Waals surface area contributed by atoms with Gasteiger partial charge in [0, 0.05) is 18.2 Å². The maximum Gasteiger partial charge on any atom is 0.307 e. The molecule has 0 fully saturated rings. The number of anilines is 1. The third-order valence-electron chi connectivity index (χ3n) is 2.32. The number of benzene rings is 1. The molecule has 4 nitrogen and oxygen atoms in total. The first kappa shape index (κ1) is 10.4. The summed E-state index contributed by atoms with van der Waals surface area (Å²) in [5, 5.41) is 2.71. The SMILES string of the molecule is CC(=O)OC(C)=C1C(=O)Nc2ccccc21. The van der Waals surface area contributed by atoms with Crippen molar-refractivity contribution in [1.29, 1.82) is 0 Å². The van der Waals surface area contributed by atoms with Gasteiger partial charge in [0.25, 0.3) is 5.91 Å². The molecule has 1 aliphatic rings. The van der Waals surface area contributed by atoms with Crippen molar-refractivity contribution in [3.05, 3.63) is 35.6 Å². The van der Waals surface area contributed by atoms with Gasteiger partial charge in [-0.1, -0.05) is 18.2 Å². The van der Waals surface area contributed by atoms with Gasteiger partial charge >= 0.3 is 5.97 Å². The standard InChI is InChI=1S/C12H11NO3/c1-7(16-8(2)14)11-9-5-3-4-6-10(9)13-12(11)15/h3-6H,1-2H3,(H,13,15). The van der Waals surface area contributed by atoms with Crippen LogP contribution in [-0.2, 0) is 14.3 Å². The molecule has 0 radical (unpaired) electrons. The lowest BCUT2D eigenvalue weighted by Gasteiger charge is -2.04. The Labute approximate surface area is 92.9 Å². The summed E-state index contributed by atoms with van der Waals surface area (Å²) in [6.07, 6.45) is 0. The highest BCUT2D eigenvalue weighted by atomic mass is 16.5. The smallest absolute Gasteiger partial charge is 0.307 e. The molecule has 1 aromatic rings. The summed E-state index contributed by atoms with van der Waals surface area (Å²) in [4.78, 5) is 22.5. The van der Waals surface area contributed by atoms with Crippen LogP contribution in [0.15, 0.2) is 30.0 Å². The molecule has 0 spiro atoms. The third kappa shape index (κ3) is 1.69. The molecule has 1 aliphatic heterocycles. The van der Waals surface area contributed by atoms with E-state index in [0.717, 1.165) is 11.3 Å². The van der Waals surface area contributed by atoms with E-state index in [1.54, 1.807) is 13.0 Å². The second-order valence-corrected chi connectivity index (χ2v) is 3.52. The minimum atomic E-state index is -0.429. The van der Waals surface area contributed by atoms with Gasteiger partial charge < -0.3 is 10.1 Å². The lowest BCUT2D eigenvalue weighted by atomic mass is 10.1. The Kier molecular flexibility index (Phi) is 2.48. The van der Waals surface area contributed by atoms with E-state index in [0.29, 0.717) is 11.3 Å². The Balaban J connectivity index is 2.50. The topological polar surface area (TPSA) is 55.4 Å². The number of rotatable bonds is 1. The number of fused-ring (bicyclic) bond motifs is 1. The molecule has 0 aliphatic carbocycles. The van der Waals surface area contributed by atoms with Gasteiger partial charge in [0.05, 0.1) is 5.57 Å². The number of nitrogens with one attached hydrogen (secondary N) is 1. The van der Waals surface area contributed by atoms with E-state index in [-0.39, 0.29) is 5.91 Å². The Hall–Kier alpha value is -2.10.